The lowest BCUT2D eigenvalue weighted by molar-refractivity contribution is 0.272. The minimum Gasteiger partial charge on any atom is -0.313 e. The number of hydrogen-bond acceptors (Lipinski definition) is 3. The maximum absolute atomic E-state index is 4.25. The molecule has 2 nitrogen and oxygen atoms in total. The van der Waals surface area contributed by atoms with Gasteiger partial charge in [-0.1, -0.05) is 19.7 Å². The average molecular weight is 132 g/mol. The molecule has 0 bridgehead atoms. The fraction of sp³-hybridized carbons (Fsp3) is 1.00. The molecule has 0 amide bonds. The maximum atomic E-state index is 4.25. The van der Waals surface area contributed by atoms with E-state index >= 15 is 0 Å². The van der Waals surface area contributed by atoms with Crippen LogP contribution in [0.3, 0.4) is 0 Å². The first-order chi connectivity index (χ1) is 3.84. The molecule has 0 aromatic rings. The smallest absolute Gasteiger partial charge is 0.0449 e. The summed E-state index contributed by atoms with van der Waals surface area (Å²) >= 11 is 4.25. The van der Waals surface area contributed by atoms with E-state index in [1.807, 2.05) is 0 Å². The van der Waals surface area contributed by atoms with Crippen molar-refractivity contribution in [2.24, 2.45) is 0 Å². The highest BCUT2D eigenvalue weighted by Crippen LogP contribution is 2.05. The van der Waals surface area contributed by atoms with Gasteiger partial charge in [0.2, 0.25) is 0 Å². The first-order valence-electron chi connectivity index (χ1n) is 3.01. The second-order valence-corrected chi connectivity index (χ2v) is 2.58. The lowest BCUT2D eigenvalue weighted by Crippen LogP contribution is -2.54. The Morgan fingerprint density at radius 3 is 2.50 bits per heavy atom. The lowest BCUT2D eigenvalue weighted by atomic mass is 10.2. The van der Waals surface area contributed by atoms with Crippen LogP contribution < -0.4 is 5.32 Å². The van der Waals surface area contributed by atoms with Crippen molar-refractivity contribution < 1.29 is 0 Å². The predicted octanol–water partition coefficient (Wildman–Crippen LogP) is 0.125. The number of thiol groups is 1. The number of nitrogens with one attached hydrogen (secondary N) is 1. The maximum Gasteiger partial charge on any atom is 0.0449 e. The van der Waals surface area contributed by atoms with Gasteiger partial charge >= 0.3 is 0 Å². The molecule has 0 aromatic carbocycles. The molecular weight excluding hydrogens is 120 g/mol. The summed E-state index contributed by atoms with van der Waals surface area (Å²) in [7, 11) is 0. The molecule has 8 heavy (non-hydrogen) atoms. The van der Waals surface area contributed by atoms with Gasteiger partial charge in [0.25, 0.3) is 0 Å². The average Bonchev–Trinajstić information content (AvgIpc) is 1.62. The van der Waals surface area contributed by atoms with Gasteiger partial charge < -0.3 is 5.32 Å². The molecule has 0 saturated carbocycles. The van der Waals surface area contributed by atoms with Gasteiger partial charge in [-0.05, 0) is 0 Å². The van der Waals surface area contributed by atoms with Crippen LogP contribution >= 0.6 is 12.8 Å². The van der Waals surface area contributed by atoms with Gasteiger partial charge in [-0.25, -0.2) is 4.31 Å². The highest BCUT2D eigenvalue weighted by Gasteiger charge is 2.20. The Hall–Kier alpha value is 0.270. The largest absolute Gasteiger partial charge is 0.313 e. The Morgan fingerprint density at radius 2 is 2.38 bits per heavy atom. The Kier molecular flexibility index (Phi) is 2.16. The van der Waals surface area contributed by atoms with Crippen LogP contribution in [0.2, 0.25) is 0 Å². The number of hydrogen-bond donors (Lipinski definition) is 2. The molecule has 0 aromatic heterocycles. The van der Waals surface area contributed by atoms with Crippen molar-refractivity contribution in [2.45, 2.75) is 13.0 Å². The van der Waals surface area contributed by atoms with Crippen LogP contribution in [0.15, 0.2) is 0 Å². The molecule has 3 heteroatoms. The van der Waals surface area contributed by atoms with Gasteiger partial charge in [0, 0.05) is 25.7 Å². The van der Waals surface area contributed by atoms with Crippen LogP contribution in [0.4, 0.5) is 0 Å². The molecule has 1 aliphatic heterocycles. The van der Waals surface area contributed by atoms with E-state index in [9.17, 15) is 0 Å². The van der Waals surface area contributed by atoms with E-state index in [4.69, 9.17) is 0 Å². The van der Waals surface area contributed by atoms with Crippen molar-refractivity contribution in [2.75, 3.05) is 19.6 Å². The predicted molar refractivity (Wildman–Crippen MR) is 38.0 cm³/mol. The number of nitrogens with zero attached hydrogens (tertiary/aromatic N) is 1. The van der Waals surface area contributed by atoms with Crippen molar-refractivity contribution in [3.05, 3.63) is 0 Å². The second-order valence-electron chi connectivity index (χ2n) is 2.07. The van der Waals surface area contributed by atoms with E-state index < -0.39 is 0 Å². The number of likely N-dealkylation sites (N-methyl/N-ethyl adjacent to an activating group) is 1. The van der Waals surface area contributed by atoms with Gasteiger partial charge in [-0.3, -0.25) is 0 Å². The van der Waals surface area contributed by atoms with Gasteiger partial charge in [0.1, 0.15) is 0 Å². The highest BCUT2D eigenvalue weighted by molar-refractivity contribution is 7.77. The van der Waals surface area contributed by atoms with Crippen molar-refractivity contribution in [3.8, 4) is 0 Å². The van der Waals surface area contributed by atoms with Crippen LogP contribution in [-0.4, -0.2) is 30.0 Å². The normalized spacial score (nSPS) is 21.4. The molecule has 1 saturated heterocycles. The molecule has 1 fully saturated rings. The van der Waals surface area contributed by atoms with Crippen LogP contribution in [0.25, 0.3) is 0 Å². The van der Waals surface area contributed by atoms with Crippen LogP contribution in [0.5, 0.6) is 0 Å². The zero-order valence-corrected chi connectivity index (χ0v) is 5.99. The van der Waals surface area contributed by atoms with E-state index in [1.165, 1.54) is 0 Å². The molecule has 0 unspecified atom stereocenters. The lowest BCUT2D eigenvalue weighted by Gasteiger charge is -2.33. The molecule has 48 valence electrons. The Bertz CT molecular complexity index is 70.1. The van der Waals surface area contributed by atoms with E-state index in [0.717, 1.165) is 19.6 Å². The Labute approximate surface area is 55.8 Å². The standard InChI is InChI=1S/C5H12N2S/c1-2-7(8)5-3-6-4-5/h5-6,8H,2-4H2,1H3. The van der Waals surface area contributed by atoms with E-state index in [1.54, 1.807) is 0 Å². The second kappa shape index (κ2) is 2.71. The van der Waals surface area contributed by atoms with Crippen molar-refractivity contribution in [1.29, 1.82) is 0 Å². The fourth-order valence-corrected chi connectivity index (χ4v) is 0.906. The number of rotatable bonds is 2. The molecule has 0 radical (unpaired) electrons. The summed E-state index contributed by atoms with van der Waals surface area (Å²) in [6, 6.07) is 0.684. The van der Waals surface area contributed by atoms with Crippen LogP contribution in [0, 0.1) is 0 Å². The van der Waals surface area contributed by atoms with E-state index in [2.05, 4.69) is 29.4 Å². The molecule has 0 aliphatic carbocycles. The summed E-state index contributed by atoms with van der Waals surface area (Å²) in [4.78, 5) is 0. The molecule has 1 N–H and O–H groups in total. The van der Waals surface area contributed by atoms with E-state index in [0.29, 0.717) is 6.04 Å². The van der Waals surface area contributed by atoms with Gasteiger partial charge in [-0.2, -0.15) is 0 Å². The zero-order valence-electron chi connectivity index (χ0n) is 5.09. The summed E-state index contributed by atoms with van der Waals surface area (Å²) in [6.07, 6.45) is 0. The molecule has 1 aliphatic rings. The summed E-state index contributed by atoms with van der Waals surface area (Å²) in [5, 5.41) is 3.19. The minimum absolute atomic E-state index is 0.684. The van der Waals surface area contributed by atoms with Gasteiger partial charge in [0.05, 0.1) is 0 Å². The van der Waals surface area contributed by atoms with Gasteiger partial charge in [-0.15, -0.1) is 0 Å². The summed E-state index contributed by atoms with van der Waals surface area (Å²) in [5.74, 6) is 0. The molecular formula is C5H12N2S. The quantitative estimate of drug-likeness (QED) is 0.519. The van der Waals surface area contributed by atoms with E-state index in [-0.39, 0.29) is 0 Å². The van der Waals surface area contributed by atoms with Crippen LogP contribution in [-0.2, 0) is 0 Å². The molecule has 1 rings (SSSR count). The first kappa shape index (κ1) is 6.39. The third-order valence-corrected chi connectivity index (χ3v) is 2.11. The van der Waals surface area contributed by atoms with Crippen LogP contribution in [0.1, 0.15) is 6.92 Å². The Balaban J connectivity index is 2.13. The molecule has 1 heterocycles. The minimum atomic E-state index is 0.684. The highest BCUT2D eigenvalue weighted by atomic mass is 32.1. The summed E-state index contributed by atoms with van der Waals surface area (Å²) in [6.45, 7) is 5.37. The molecule has 0 spiro atoms. The van der Waals surface area contributed by atoms with Gasteiger partial charge in [0.15, 0.2) is 0 Å². The van der Waals surface area contributed by atoms with Crippen molar-refractivity contribution >= 4 is 12.8 Å². The zero-order chi connectivity index (χ0) is 5.98. The third kappa shape index (κ3) is 1.16. The van der Waals surface area contributed by atoms with Crippen molar-refractivity contribution in [3.63, 3.8) is 0 Å². The first-order valence-corrected chi connectivity index (χ1v) is 3.41. The fourth-order valence-electron chi connectivity index (χ4n) is 0.742. The monoisotopic (exact) mass is 132 g/mol. The SMILES string of the molecule is CCN(S)C1CNC1. The third-order valence-electron chi connectivity index (χ3n) is 1.51. The molecule has 0 atom stereocenters. The Morgan fingerprint density at radius 1 is 1.75 bits per heavy atom. The summed E-state index contributed by atoms with van der Waals surface area (Å²) in [5.41, 5.74) is 0. The van der Waals surface area contributed by atoms with Crippen molar-refractivity contribution in [1.82, 2.24) is 9.62 Å². The topological polar surface area (TPSA) is 15.3 Å². The summed E-state index contributed by atoms with van der Waals surface area (Å²) < 4.78 is 2.07.